The van der Waals surface area contributed by atoms with Crippen molar-refractivity contribution in [3.05, 3.63) is 0 Å². The molecule has 1 aliphatic heterocycles. The number of nitrogens with zero attached hydrogens (tertiary/aromatic N) is 2. The zero-order valence-corrected chi connectivity index (χ0v) is 19.0. The van der Waals surface area contributed by atoms with Gasteiger partial charge in [-0.15, -0.1) is 24.0 Å². The molecule has 1 spiro atoms. The second-order valence-electron chi connectivity index (χ2n) is 9.10. The van der Waals surface area contributed by atoms with Crippen LogP contribution >= 0.6 is 24.0 Å². The smallest absolute Gasteiger partial charge is 0.243 e. The van der Waals surface area contributed by atoms with Gasteiger partial charge >= 0.3 is 0 Å². The summed E-state index contributed by atoms with van der Waals surface area (Å²) >= 11 is 0. The van der Waals surface area contributed by atoms with Gasteiger partial charge in [-0.05, 0) is 63.2 Å². The highest BCUT2D eigenvalue weighted by Crippen LogP contribution is 2.44. The first kappa shape index (κ1) is 21.1. The lowest BCUT2D eigenvalue weighted by atomic mass is 9.74. The van der Waals surface area contributed by atoms with Gasteiger partial charge in [-0.3, -0.25) is 4.79 Å². The highest BCUT2D eigenvalue weighted by molar-refractivity contribution is 14.0. The summed E-state index contributed by atoms with van der Waals surface area (Å²) in [7, 11) is 3.57. The Labute approximate surface area is 180 Å². The number of amides is 1. The van der Waals surface area contributed by atoms with Crippen molar-refractivity contribution >= 4 is 35.8 Å². The van der Waals surface area contributed by atoms with Gasteiger partial charge in [0.2, 0.25) is 5.91 Å². The summed E-state index contributed by atoms with van der Waals surface area (Å²) < 4.78 is 6.06. The topological polar surface area (TPSA) is 66.0 Å². The average Bonchev–Trinajstić information content (AvgIpc) is 3.21. The molecule has 0 aromatic carbocycles. The van der Waals surface area contributed by atoms with E-state index in [1.165, 1.54) is 44.9 Å². The first-order valence-corrected chi connectivity index (χ1v) is 10.4. The second kappa shape index (κ2) is 8.84. The number of rotatable bonds is 4. The molecule has 154 valence electrons. The van der Waals surface area contributed by atoms with Crippen LogP contribution in [0.15, 0.2) is 4.99 Å². The molecule has 3 aliphatic carbocycles. The lowest BCUT2D eigenvalue weighted by Crippen LogP contribution is -2.55. The number of ether oxygens (including phenoxy) is 1. The average molecular weight is 490 g/mol. The summed E-state index contributed by atoms with van der Waals surface area (Å²) in [5.41, 5.74) is 0.118. The maximum atomic E-state index is 12.0. The number of hydrogen-bond donors (Lipinski definition) is 2. The van der Waals surface area contributed by atoms with Gasteiger partial charge in [0.05, 0.1) is 5.60 Å². The van der Waals surface area contributed by atoms with Crippen molar-refractivity contribution in [1.29, 1.82) is 0 Å². The van der Waals surface area contributed by atoms with E-state index in [4.69, 9.17) is 4.74 Å². The van der Waals surface area contributed by atoms with Crippen LogP contribution in [0, 0.1) is 11.8 Å². The number of hydrogen-bond acceptors (Lipinski definition) is 3. The van der Waals surface area contributed by atoms with Crippen molar-refractivity contribution in [2.45, 2.75) is 75.5 Å². The van der Waals surface area contributed by atoms with Crippen LogP contribution in [-0.2, 0) is 9.53 Å². The molecule has 6 nitrogen and oxygen atoms in total. The Bertz CT molecular complexity index is 564. The number of fused-ring (bicyclic) bond motifs is 2. The van der Waals surface area contributed by atoms with Gasteiger partial charge in [0, 0.05) is 32.8 Å². The Hall–Kier alpha value is -0.570. The van der Waals surface area contributed by atoms with Crippen molar-refractivity contribution in [1.82, 2.24) is 15.5 Å². The molecular weight excluding hydrogens is 455 g/mol. The fourth-order valence-electron chi connectivity index (χ4n) is 5.28. The summed E-state index contributed by atoms with van der Waals surface area (Å²) in [4.78, 5) is 18.3. The number of carbonyl (C=O) groups is 1. The molecule has 3 saturated carbocycles. The molecule has 4 fully saturated rings. The SMILES string of the molecule is CN(C)C(=O)CN=C(NC1CCOC2(CCC2)C1)NC1CC2CCC1C2.I. The van der Waals surface area contributed by atoms with E-state index in [0.717, 1.165) is 37.2 Å². The fourth-order valence-corrected chi connectivity index (χ4v) is 5.28. The van der Waals surface area contributed by atoms with E-state index in [9.17, 15) is 4.79 Å². The predicted octanol–water partition coefficient (Wildman–Crippen LogP) is 2.52. The number of aliphatic imine (C=N–C) groups is 1. The van der Waals surface area contributed by atoms with Gasteiger partial charge in [0.25, 0.3) is 0 Å². The van der Waals surface area contributed by atoms with Gasteiger partial charge in [-0.2, -0.15) is 0 Å². The number of carbonyl (C=O) groups excluding carboxylic acids is 1. The largest absolute Gasteiger partial charge is 0.375 e. The molecular formula is C20H35IN4O2. The molecule has 4 atom stereocenters. The molecule has 27 heavy (non-hydrogen) atoms. The first-order chi connectivity index (χ1) is 12.5. The lowest BCUT2D eigenvalue weighted by molar-refractivity contribution is -0.134. The molecule has 2 bridgehead atoms. The minimum Gasteiger partial charge on any atom is -0.375 e. The Balaban J connectivity index is 0.00000210. The molecule has 4 aliphatic rings. The van der Waals surface area contributed by atoms with Crippen molar-refractivity contribution < 1.29 is 9.53 Å². The minimum atomic E-state index is 0. The third-order valence-electron chi connectivity index (χ3n) is 7.03. The van der Waals surface area contributed by atoms with Crippen LogP contribution in [-0.4, -0.2) is 61.7 Å². The van der Waals surface area contributed by atoms with Crippen LogP contribution in [0.1, 0.15) is 57.8 Å². The molecule has 0 aromatic heterocycles. The monoisotopic (exact) mass is 490 g/mol. The van der Waals surface area contributed by atoms with Crippen LogP contribution < -0.4 is 10.6 Å². The number of likely N-dealkylation sites (N-methyl/N-ethyl adjacent to an activating group) is 1. The number of halogens is 1. The fraction of sp³-hybridized carbons (Fsp3) is 0.900. The molecule has 1 amide bonds. The van der Waals surface area contributed by atoms with E-state index >= 15 is 0 Å². The van der Waals surface area contributed by atoms with Gasteiger partial charge in [0.1, 0.15) is 6.54 Å². The van der Waals surface area contributed by atoms with E-state index in [0.29, 0.717) is 12.1 Å². The molecule has 1 heterocycles. The predicted molar refractivity (Wildman–Crippen MR) is 117 cm³/mol. The standard InChI is InChI=1S/C20H34N4O2.HI/c1-24(2)18(25)13-21-19(23-17-11-14-4-5-15(17)10-14)22-16-6-9-26-20(12-16)7-3-8-20;/h14-17H,3-13H2,1-2H3,(H2,21,22,23);1H. The second-order valence-corrected chi connectivity index (χ2v) is 9.10. The maximum Gasteiger partial charge on any atom is 0.243 e. The molecule has 2 N–H and O–H groups in total. The number of guanidine groups is 1. The normalized spacial score (nSPS) is 33.9. The van der Waals surface area contributed by atoms with E-state index in [1.807, 2.05) is 0 Å². The van der Waals surface area contributed by atoms with Crippen molar-refractivity contribution in [2.75, 3.05) is 27.2 Å². The van der Waals surface area contributed by atoms with Crippen LogP contribution in [0.2, 0.25) is 0 Å². The molecule has 0 radical (unpaired) electrons. The zero-order chi connectivity index (χ0) is 18.1. The highest BCUT2D eigenvalue weighted by atomic mass is 127. The van der Waals surface area contributed by atoms with E-state index in [-0.39, 0.29) is 42.0 Å². The van der Waals surface area contributed by atoms with Crippen molar-refractivity contribution in [2.24, 2.45) is 16.8 Å². The van der Waals surface area contributed by atoms with Gasteiger partial charge in [-0.1, -0.05) is 6.42 Å². The molecule has 7 heteroatoms. The molecule has 1 saturated heterocycles. The van der Waals surface area contributed by atoms with Crippen LogP contribution in [0.3, 0.4) is 0 Å². The van der Waals surface area contributed by atoms with E-state index < -0.39 is 0 Å². The molecule has 4 rings (SSSR count). The molecule has 0 aromatic rings. The lowest BCUT2D eigenvalue weighted by Gasteiger charge is -2.47. The minimum absolute atomic E-state index is 0. The van der Waals surface area contributed by atoms with Gasteiger partial charge in [0.15, 0.2) is 5.96 Å². The van der Waals surface area contributed by atoms with Crippen LogP contribution in [0.4, 0.5) is 0 Å². The third kappa shape index (κ3) is 4.89. The van der Waals surface area contributed by atoms with Crippen molar-refractivity contribution in [3.63, 3.8) is 0 Å². The summed E-state index contributed by atoms with van der Waals surface area (Å²) in [5, 5.41) is 7.33. The Morgan fingerprint density at radius 3 is 2.59 bits per heavy atom. The summed E-state index contributed by atoms with van der Waals surface area (Å²) in [6.07, 6.45) is 11.1. The van der Waals surface area contributed by atoms with E-state index in [1.54, 1.807) is 19.0 Å². The Morgan fingerprint density at radius 2 is 2.00 bits per heavy atom. The van der Waals surface area contributed by atoms with Crippen molar-refractivity contribution in [3.8, 4) is 0 Å². The van der Waals surface area contributed by atoms with Gasteiger partial charge in [-0.25, -0.2) is 4.99 Å². The Kier molecular flexibility index (Phi) is 6.93. The van der Waals surface area contributed by atoms with E-state index in [2.05, 4.69) is 15.6 Å². The highest BCUT2D eigenvalue weighted by Gasteiger charge is 2.43. The summed E-state index contributed by atoms with van der Waals surface area (Å²) in [6.45, 7) is 1.03. The quantitative estimate of drug-likeness (QED) is 0.361. The van der Waals surface area contributed by atoms with Crippen LogP contribution in [0.25, 0.3) is 0 Å². The zero-order valence-electron chi connectivity index (χ0n) is 16.7. The van der Waals surface area contributed by atoms with Crippen LogP contribution in [0.5, 0.6) is 0 Å². The maximum absolute atomic E-state index is 12.0. The Morgan fingerprint density at radius 1 is 1.19 bits per heavy atom. The molecule has 4 unspecified atom stereocenters. The first-order valence-electron chi connectivity index (χ1n) is 10.4. The number of nitrogens with one attached hydrogen (secondary N) is 2. The van der Waals surface area contributed by atoms with Gasteiger partial charge < -0.3 is 20.3 Å². The third-order valence-corrected chi connectivity index (χ3v) is 7.03. The summed E-state index contributed by atoms with van der Waals surface area (Å²) in [6, 6.07) is 0.912. The summed E-state index contributed by atoms with van der Waals surface area (Å²) in [5.74, 6) is 2.55.